The average Bonchev–Trinajstić information content (AvgIpc) is 2.15. The fourth-order valence-corrected chi connectivity index (χ4v) is 1.24. The Bertz CT molecular complexity index is 308. The standard InChI is InChI=1S/C9H10O3S/c10-9(13(11)12)7-6-8-4-2-1-3-5-8/h1-5H,6-7H2,(H,11,12)/p-1. The number of hydrogen-bond donors (Lipinski definition) is 0. The lowest BCUT2D eigenvalue weighted by Crippen LogP contribution is -2.06. The third kappa shape index (κ3) is 3.48. The zero-order valence-corrected chi connectivity index (χ0v) is 7.75. The van der Waals surface area contributed by atoms with Crippen LogP contribution in [-0.2, 0) is 22.3 Å². The van der Waals surface area contributed by atoms with E-state index in [1.54, 1.807) is 0 Å². The molecule has 0 aliphatic rings. The number of carbonyl (C=O) groups excluding carboxylic acids is 1. The molecule has 1 aromatic carbocycles. The van der Waals surface area contributed by atoms with Gasteiger partial charge in [-0.25, -0.2) is 0 Å². The van der Waals surface area contributed by atoms with Crippen LogP contribution >= 0.6 is 0 Å². The smallest absolute Gasteiger partial charge is 0.205 e. The van der Waals surface area contributed by atoms with Crippen LogP contribution < -0.4 is 0 Å². The summed E-state index contributed by atoms with van der Waals surface area (Å²) in [5.74, 6) is 0. The van der Waals surface area contributed by atoms with Gasteiger partial charge in [0.2, 0.25) is 5.12 Å². The molecule has 0 N–H and O–H groups in total. The third-order valence-electron chi connectivity index (χ3n) is 1.65. The topological polar surface area (TPSA) is 57.2 Å². The van der Waals surface area contributed by atoms with Gasteiger partial charge in [-0.2, -0.15) is 0 Å². The van der Waals surface area contributed by atoms with Crippen LogP contribution in [0.2, 0.25) is 0 Å². The molecule has 4 heteroatoms. The van der Waals surface area contributed by atoms with E-state index in [-0.39, 0.29) is 6.42 Å². The Balaban J connectivity index is 2.44. The van der Waals surface area contributed by atoms with Gasteiger partial charge in [-0.05, 0) is 12.0 Å². The molecule has 0 saturated heterocycles. The summed E-state index contributed by atoms with van der Waals surface area (Å²) >= 11 is -2.57. The summed E-state index contributed by atoms with van der Waals surface area (Å²) in [5.41, 5.74) is 0.973. The first kappa shape index (κ1) is 10.1. The fourth-order valence-electron chi connectivity index (χ4n) is 0.974. The van der Waals surface area contributed by atoms with Gasteiger partial charge in [0.1, 0.15) is 0 Å². The van der Waals surface area contributed by atoms with Crippen LogP contribution in [0, 0.1) is 0 Å². The Morgan fingerprint density at radius 3 is 2.46 bits per heavy atom. The molecule has 0 aliphatic carbocycles. The van der Waals surface area contributed by atoms with Gasteiger partial charge in [0, 0.05) is 17.5 Å². The molecule has 1 unspecified atom stereocenters. The van der Waals surface area contributed by atoms with E-state index in [0.29, 0.717) is 6.42 Å². The summed E-state index contributed by atoms with van der Waals surface area (Å²) in [7, 11) is 0. The molecule has 0 bridgehead atoms. The lowest BCUT2D eigenvalue weighted by Gasteiger charge is -2.02. The monoisotopic (exact) mass is 197 g/mol. The van der Waals surface area contributed by atoms with Gasteiger partial charge in [-0.3, -0.25) is 9.00 Å². The van der Waals surface area contributed by atoms with Crippen LogP contribution in [0.5, 0.6) is 0 Å². The predicted octanol–water partition coefficient (Wildman–Crippen LogP) is 1.02. The molecule has 1 aromatic rings. The second kappa shape index (κ2) is 4.89. The van der Waals surface area contributed by atoms with Gasteiger partial charge in [-0.1, -0.05) is 30.3 Å². The molecule has 0 spiro atoms. The summed E-state index contributed by atoms with van der Waals surface area (Å²) in [6, 6.07) is 9.31. The normalized spacial score (nSPS) is 12.4. The summed E-state index contributed by atoms with van der Waals surface area (Å²) in [6.07, 6.45) is 0.535. The minimum absolute atomic E-state index is 0.0557. The van der Waals surface area contributed by atoms with E-state index < -0.39 is 16.2 Å². The van der Waals surface area contributed by atoms with Crippen LogP contribution in [-0.4, -0.2) is 13.9 Å². The molecular weight excluding hydrogens is 188 g/mol. The molecule has 1 atom stereocenters. The highest BCUT2D eigenvalue weighted by atomic mass is 32.2. The minimum atomic E-state index is -2.57. The summed E-state index contributed by atoms with van der Waals surface area (Å²) in [4.78, 5) is 10.7. The van der Waals surface area contributed by atoms with Gasteiger partial charge >= 0.3 is 0 Å². The molecule has 70 valence electrons. The zero-order valence-electron chi connectivity index (χ0n) is 6.93. The largest absolute Gasteiger partial charge is 0.766 e. The van der Waals surface area contributed by atoms with Gasteiger partial charge in [-0.15, -0.1) is 0 Å². The lowest BCUT2D eigenvalue weighted by molar-refractivity contribution is -0.111. The number of aryl methyl sites for hydroxylation is 1. The minimum Gasteiger partial charge on any atom is -0.766 e. The maximum absolute atomic E-state index is 10.7. The van der Waals surface area contributed by atoms with Crippen molar-refractivity contribution in [1.29, 1.82) is 0 Å². The third-order valence-corrected chi connectivity index (χ3v) is 2.22. The molecule has 13 heavy (non-hydrogen) atoms. The van der Waals surface area contributed by atoms with E-state index >= 15 is 0 Å². The SMILES string of the molecule is O=C(CCc1ccccc1)S(=O)[O-]. The summed E-state index contributed by atoms with van der Waals surface area (Å²) < 4.78 is 20.3. The zero-order chi connectivity index (χ0) is 9.68. The van der Waals surface area contributed by atoms with Gasteiger partial charge in [0.25, 0.3) is 0 Å². The van der Waals surface area contributed by atoms with Crippen LogP contribution in [0.25, 0.3) is 0 Å². The van der Waals surface area contributed by atoms with Gasteiger partial charge in [0.05, 0.1) is 0 Å². The molecule has 0 aromatic heterocycles. The van der Waals surface area contributed by atoms with E-state index in [1.807, 2.05) is 30.3 Å². The summed E-state index contributed by atoms with van der Waals surface area (Å²) in [5, 5.41) is -0.733. The highest BCUT2D eigenvalue weighted by Gasteiger charge is 2.01. The molecule has 1 rings (SSSR count). The van der Waals surface area contributed by atoms with Gasteiger partial charge in [0.15, 0.2) is 0 Å². The van der Waals surface area contributed by atoms with E-state index in [9.17, 15) is 13.6 Å². The highest BCUT2D eigenvalue weighted by Crippen LogP contribution is 2.03. The van der Waals surface area contributed by atoms with E-state index in [2.05, 4.69) is 0 Å². The highest BCUT2D eigenvalue weighted by molar-refractivity contribution is 7.95. The summed E-state index contributed by atoms with van der Waals surface area (Å²) in [6.45, 7) is 0. The molecule has 0 fully saturated rings. The second-order valence-corrected chi connectivity index (χ2v) is 3.52. The van der Waals surface area contributed by atoms with Crippen molar-refractivity contribution in [3.05, 3.63) is 35.9 Å². The number of benzene rings is 1. The molecule has 3 nitrogen and oxygen atoms in total. The van der Waals surface area contributed by atoms with Crippen molar-refractivity contribution >= 4 is 16.2 Å². The molecular formula is C9H9O3S-. The first-order valence-electron chi connectivity index (χ1n) is 3.86. The quantitative estimate of drug-likeness (QED) is 0.680. The van der Waals surface area contributed by atoms with Crippen LogP contribution in [0.1, 0.15) is 12.0 Å². The Morgan fingerprint density at radius 1 is 1.31 bits per heavy atom. The Labute approximate surface area is 79.1 Å². The lowest BCUT2D eigenvalue weighted by atomic mass is 10.1. The van der Waals surface area contributed by atoms with Crippen molar-refractivity contribution in [2.45, 2.75) is 12.8 Å². The van der Waals surface area contributed by atoms with Crippen molar-refractivity contribution in [1.82, 2.24) is 0 Å². The van der Waals surface area contributed by atoms with E-state index in [0.717, 1.165) is 5.56 Å². The number of rotatable bonds is 3. The van der Waals surface area contributed by atoms with E-state index in [1.165, 1.54) is 0 Å². The van der Waals surface area contributed by atoms with Crippen molar-refractivity contribution in [2.24, 2.45) is 0 Å². The number of carbonyl (C=O) groups is 1. The Morgan fingerprint density at radius 2 is 1.92 bits per heavy atom. The van der Waals surface area contributed by atoms with Crippen LogP contribution in [0.4, 0.5) is 0 Å². The predicted molar refractivity (Wildman–Crippen MR) is 48.7 cm³/mol. The van der Waals surface area contributed by atoms with Gasteiger partial charge < -0.3 is 4.55 Å². The number of hydrogen-bond acceptors (Lipinski definition) is 3. The van der Waals surface area contributed by atoms with Crippen molar-refractivity contribution < 1.29 is 13.6 Å². The molecule has 0 saturated carbocycles. The Hall–Kier alpha value is -1.00. The first-order chi connectivity index (χ1) is 6.20. The molecule has 0 radical (unpaired) electrons. The van der Waals surface area contributed by atoms with Crippen molar-refractivity contribution in [2.75, 3.05) is 0 Å². The molecule has 0 aliphatic heterocycles. The van der Waals surface area contributed by atoms with Crippen LogP contribution in [0.3, 0.4) is 0 Å². The average molecular weight is 197 g/mol. The van der Waals surface area contributed by atoms with Crippen molar-refractivity contribution in [3.63, 3.8) is 0 Å². The van der Waals surface area contributed by atoms with E-state index in [4.69, 9.17) is 0 Å². The maximum atomic E-state index is 10.7. The maximum Gasteiger partial charge on any atom is 0.205 e. The second-order valence-electron chi connectivity index (χ2n) is 2.59. The van der Waals surface area contributed by atoms with Crippen molar-refractivity contribution in [3.8, 4) is 0 Å². The van der Waals surface area contributed by atoms with Crippen LogP contribution in [0.15, 0.2) is 30.3 Å². The first-order valence-corrected chi connectivity index (χ1v) is 4.93. The molecule has 0 amide bonds. The molecule has 0 heterocycles. The Kier molecular flexibility index (Phi) is 3.79. The fraction of sp³-hybridized carbons (Fsp3) is 0.222.